The maximum Gasteiger partial charge on any atom is 0.242 e. The second-order valence-corrected chi connectivity index (χ2v) is 7.42. The summed E-state index contributed by atoms with van der Waals surface area (Å²) in [5.74, 6) is 1.31. The fraction of sp³-hybridized carbons (Fsp3) is 0.391. The zero-order chi connectivity index (χ0) is 21.1. The highest BCUT2D eigenvalue weighted by atomic mass is 127. The third kappa shape index (κ3) is 8.61. The lowest BCUT2D eigenvalue weighted by Gasteiger charge is -2.26. The maximum absolute atomic E-state index is 12.2. The largest absolute Gasteiger partial charge is 0.497 e. The number of carbonyl (C=O) groups is 1. The zero-order valence-electron chi connectivity index (χ0n) is 18.2. The summed E-state index contributed by atoms with van der Waals surface area (Å²) in [5, 5.41) is 9.43. The number of nitrogens with one attached hydrogen (secondary N) is 3. The van der Waals surface area contributed by atoms with Crippen LogP contribution in [-0.4, -0.2) is 38.6 Å². The van der Waals surface area contributed by atoms with E-state index in [9.17, 15) is 4.79 Å². The van der Waals surface area contributed by atoms with E-state index in [0.717, 1.165) is 17.9 Å². The van der Waals surface area contributed by atoms with Crippen molar-refractivity contribution in [2.45, 2.75) is 32.7 Å². The highest BCUT2D eigenvalue weighted by Gasteiger charge is 2.20. The Hall–Kier alpha value is -2.29. The molecule has 2 rings (SSSR count). The molecule has 0 atom stereocenters. The first kappa shape index (κ1) is 25.7. The van der Waals surface area contributed by atoms with Crippen LogP contribution in [0.4, 0.5) is 0 Å². The van der Waals surface area contributed by atoms with E-state index < -0.39 is 0 Å². The van der Waals surface area contributed by atoms with Gasteiger partial charge in [-0.2, -0.15) is 0 Å². The highest BCUT2D eigenvalue weighted by molar-refractivity contribution is 14.0. The van der Waals surface area contributed by atoms with Crippen molar-refractivity contribution in [2.24, 2.45) is 4.99 Å². The number of ether oxygens (including phenoxy) is 1. The average molecular weight is 524 g/mol. The Morgan fingerprint density at radius 3 is 2.27 bits per heavy atom. The molecule has 0 aliphatic rings. The van der Waals surface area contributed by atoms with E-state index in [1.807, 2.05) is 49.4 Å². The number of rotatable bonds is 9. The van der Waals surface area contributed by atoms with Crippen LogP contribution in [0.3, 0.4) is 0 Å². The first-order chi connectivity index (χ1) is 13.9. The van der Waals surface area contributed by atoms with Gasteiger partial charge in [0, 0.05) is 25.0 Å². The van der Waals surface area contributed by atoms with Crippen LogP contribution in [-0.2, 0) is 16.8 Å². The van der Waals surface area contributed by atoms with Gasteiger partial charge in [0.25, 0.3) is 0 Å². The normalized spacial score (nSPS) is 11.3. The van der Waals surface area contributed by atoms with Gasteiger partial charge < -0.3 is 20.7 Å². The van der Waals surface area contributed by atoms with Crippen molar-refractivity contribution in [3.63, 3.8) is 0 Å². The molecule has 0 spiro atoms. The second kappa shape index (κ2) is 13.1. The Bertz CT molecular complexity index is 793. The van der Waals surface area contributed by atoms with Gasteiger partial charge in [0.2, 0.25) is 5.91 Å². The molecule has 0 aliphatic carbocycles. The number of halogens is 1. The highest BCUT2D eigenvalue weighted by Crippen LogP contribution is 2.21. The number of carbonyl (C=O) groups excluding carboxylic acids is 1. The van der Waals surface area contributed by atoms with Crippen molar-refractivity contribution in [2.75, 3.05) is 26.7 Å². The van der Waals surface area contributed by atoms with Crippen molar-refractivity contribution in [3.8, 4) is 5.75 Å². The van der Waals surface area contributed by atoms with Gasteiger partial charge in [-0.3, -0.25) is 4.79 Å². The minimum Gasteiger partial charge on any atom is -0.497 e. The van der Waals surface area contributed by atoms with Gasteiger partial charge in [-0.05, 0) is 30.2 Å². The van der Waals surface area contributed by atoms with Crippen molar-refractivity contribution >= 4 is 35.8 Å². The van der Waals surface area contributed by atoms with Gasteiger partial charge in [0.15, 0.2) is 5.96 Å². The van der Waals surface area contributed by atoms with Crippen molar-refractivity contribution in [3.05, 3.63) is 65.7 Å². The Labute approximate surface area is 196 Å². The van der Waals surface area contributed by atoms with E-state index in [2.05, 4.69) is 46.9 Å². The van der Waals surface area contributed by atoms with E-state index in [1.165, 1.54) is 5.56 Å². The predicted octanol–water partition coefficient (Wildman–Crippen LogP) is 3.46. The summed E-state index contributed by atoms with van der Waals surface area (Å²) in [5.41, 5.74) is 2.20. The molecule has 0 saturated carbocycles. The molecule has 2 aromatic carbocycles. The maximum atomic E-state index is 12.2. The average Bonchev–Trinajstić information content (AvgIpc) is 2.75. The Morgan fingerprint density at radius 1 is 1.00 bits per heavy atom. The summed E-state index contributed by atoms with van der Waals surface area (Å²) in [4.78, 5) is 16.6. The van der Waals surface area contributed by atoms with Crippen molar-refractivity contribution in [1.82, 2.24) is 16.0 Å². The molecule has 0 radical (unpaired) electrons. The lowest BCUT2D eigenvalue weighted by atomic mass is 9.85. The number of guanidine groups is 1. The van der Waals surface area contributed by atoms with Crippen molar-refractivity contribution < 1.29 is 9.53 Å². The van der Waals surface area contributed by atoms with Crippen LogP contribution >= 0.6 is 24.0 Å². The Morgan fingerprint density at radius 2 is 1.67 bits per heavy atom. The van der Waals surface area contributed by atoms with Gasteiger partial charge in [0.1, 0.15) is 12.3 Å². The monoisotopic (exact) mass is 524 g/mol. The van der Waals surface area contributed by atoms with Gasteiger partial charge in [0.05, 0.1) is 7.11 Å². The van der Waals surface area contributed by atoms with E-state index in [1.54, 1.807) is 7.11 Å². The lowest BCUT2D eigenvalue weighted by Crippen LogP contribution is -2.44. The van der Waals surface area contributed by atoms with Gasteiger partial charge in [-0.1, -0.05) is 56.3 Å². The molecule has 30 heavy (non-hydrogen) atoms. The zero-order valence-corrected chi connectivity index (χ0v) is 20.5. The molecule has 0 saturated heterocycles. The standard InChI is InChI=1S/C23H32N4O2.HI/c1-5-24-22(27-17-23(2,3)19-9-7-6-8-10-19)26-16-21(28)25-15-18-11-13-20(29-4)14-12-18;/h6-14H,5,15-17H2,1-4H3,(H,25,28)(H2,24,26,27);1H. The van der Waals surface area contributed by atoms with Gasteiger partial charge in [-0.15, -0.1) is 24.0 Å². The molecule has 1 amide bonds. The van der Waals surface area contributed by atoms with E-state index in [-0.39, 0.29) is 41.8 Å². The predicted molar refractivity (Wildman–Crippen MR) is 134 cm³/mol. The number of hydrogen-bond donors (Lipinski definition) is 3. The van der Waals surface area contributed by atoms with Crippen LogP contribution in [0, 0.1) is 0 Å². The van der Waals surface area contributed by atoms with E-state index in [0.29, 0.717) is 19.0 Å². The number of hydrogen-bond acceptors (Lipinski definition) is 3. The summed E-state index contributed by atoms with van der Waals surface area (Å²) in [6.07, 6.45) is 0. The molecule has 0 aromatic heterocycles. The molecular formula is C23H33IN4O2. The fourth-order valence-electron chi connectivity index (χ4n) is 2.79. The molecule has 3 N–H and O–H groups in total. The first-order valence-corrected chi connectivity index (χ1v) is 9.92. The molecule has 164 valence electrons. The molecule has 0 aliphatic heterocycles. The minimum absolute atomic E-state index is 0. The Balaban J connectivity index is 0.00000450. The summed E-state index contributed by atoms with van der Waals surface area (Å²) in [6, 6.07) is 18.0. The minimum atomic E-state index is -0.125. The van der Waals surface area contributed by atoms with Crippen LogP contribution in [0.25, 0.3) is 0 Å². The number of amides is 1. The van der Waals surface area contributed by atoms with Crippen LogP contribution in [0.2, 0.25) is 0 Å². The molecule has 0 heterocycles. The van der Waals surface area contributed by atoms with Crippen LogP contribution in [0.1, 0.15) is 31.9 Å². The topological polar surface area (TPSA) is 74.8 Å². The smallest absolute Gasteiger partial charge is 0.242 e. The third-order valence-electron chi connectivity index (χ3n) is 4.63. The van der Waals surface area contributed by atoms with Crippen molar-refractivity contribution in [1.29, 1.82) is 0 Å². The number of aliphatic imine (C=N–C) groups is 1. The third-order valence-corrected chi connectivity index (χ3v) is 4.63. The molecular weight excluding hydrogens is 491 g/mol. The van der Waals surface area contributed by atoms with Gasteiger partial charge >= 0.3 is 0 Å². The molecule has 0 fully saturated rings. The number of nitrogens with zero attached hydrogens (tertiary/aromatic N) is 1. The molecule has 7 heteroatoms. The van der Waals surface area contributed by atoms with Crippen LogP contribution in [0.15, 0.2) is 59.6 Å². The fourth-order valence-corrected chi connectivity index (χ4v) is 2.79. The van der Waals surface area contributed by atoms with E-state index >= 15 is 0 Å². The first-order valence-electron chi connectivity index (χ1n) is 9.92. The number of benzene rings is 2. The van der Waals surface area contributed by atoms with Crippen LogP contribution < -0.4 is 20.7 Å². The van der Waals surface area contributed by atoms with Gasteiger partial charge in [-0.25, -0.2) is 4.99 Å². The van der Waals surface area contributed by atoms with E-state index in [4.69, 9.17) is 4.74 Å². The quantitative estimate of drug-likeness (QED) is 0.267. The summed E-state index contributed by atoms with van der Waals surface area (Å²) < 4.78 is 5.14. The number of methoxy groups -OCH3 is 1. The summed E-state index contributed by atoms with van der Waals surface area (Å²) >= 11 is 0. The summed E-state index contributed by atoms with van der Waals surface area (Å²) in [7, 11) is 1.63. The summed E-state index contributed by atoms with van der Waals surface area (Å²) in [6.45, 7) is 8.33. The Kier molecular flexibility index (Phi) is 11.2. The molecule has 0 bridgehead atoms. The van der Waals surface area contributed by atoms with Crippen LogP contribution in [0.5, 0.6) is 5.75 Å². The lowest BCUT2D eigenvalue weighted by molar-refractivity contribution is -0.119. The second-order valence-electron chi connectivity index (χ2n) is 7.42. The molecule has 0 unspecified atom stereocenters. The molecule has 6 nitrogen and oxygen atoms in total. The SMILES string of the molecule is CCNC(=NCC(=O)NCc1ccc(OC)cc1)NCC(C)(C)c1ccccc1.I. The molecule has 2 aromatic rings.